The highest BCUT2D eigenvalue weighted by molar-refractivity contribution is 5.72. The zero-order valence-corrected chi connectivity index (χ0v) is 10.1. The van der Waals surface area contributed by atoms with E-state index in [0.717, 1.165) is 5.56 Å². The van der Waals surface area contributed by atoms with Gasteiger partial charge in [-0.3, -0.25) is 0 Å². The molecule has 18 heavy (non-hydrogen) atoms. The monoisotopic (exact) mass is 262 g/mol. The van der Waals surface area contributed by atoms with Crippen molar-refractivity contribution in [2.24, 2.45) is 0 Å². The third kappa shape index (κ3) is 3.32. The first-order valence-corrected chi connectivity index (χ1v) is 5.49. The molecule has 0 spiro atoms. The van der Waals surface area contributed by atoms with Crippen molar-refractivity contribution in [3.8, 4) is 0 Å². The van der Waals surface area contributed by atoms with E-state index in [1.54, 1.807) is 6.92 Å². The Labute approximate surface area is 103 Å². The Bertz CT molecular complexity index is 431. The van der Waals surface area contributed by atoms with Crippen LogP contribution in [0.4, 0.5) is 17.6 Å². The van der Waals surface area contributed by atoms with E-state index >= 15 is 0 Å². The molecule has 1 N–H and O–H groups in total. The van der Waals surface area contributed by atoms with Crippen molar-refractivity contribution in [3.05, 3.63) is 41.2 Å². The number of hydrogen-bond donors (Lipinski definition) is 1. The molecule has 0 radical (unpaired) electrons. The van der Waals surface area contributed by atoms with Crippen LogP contribution < -0.4 is 0 Å². The molecule has 1 aromatic carbocycles. The van der Waals surface area contributed by atoms with Gasteiger partial charge in [0.1, 0.15) is 11.9 Å². The van der Waals surface area contributed by atoms with Crippen molar-refractivity contribution >= 4 is 5.57 Å². The number of rotatable bonds is 3. The first-order chi connectivity index (χ1) is 8.27. The molecule has 0 saturated heterocycles. The van der Waals surface area contributed by atoms with Gasteiger partial charge in [-0.15, -0.1) is 0 Å². The van der Waals surface area contributed by atoms with Crippen molar-refractivity contribution < 1.29 is 22.7 Å². The Morgan fingerprint density at radius 3 is 2.11 bits per heavy atom. The second kappa shape index (κ2) is 5.52. The van der Waals surface area contributed by atoms with E-state index in [1.165, 1.54) is 31.2 Å². The maximum absolute atomic E-state index is 13.7. The van der Waals surface area contributed by atoms with Crippen molar-refractivity contribution in [3.63, 3.8) is 0 Å². The lowest BCUT2D eigenvalue weighted by atomic mass is 10.0. The molecule has 1 atom stereocenters. The highest BCUT2D eigenvalue weighted by atomic mass is 19.4. The largest absolute Gasteiger partial charge is 0.419 e. The molecule has 1 aromatic rings. The molecule has 0 aliphatic carbocycles. The third-order valence-corrected chi connectivity index (χ3v) is 2.54. The molecule has 0 saturated carbocycles. The van der Waals surface area contributed by atoms with Gasteiger partial charge in [0.25, 0.3) is 0 Å². The zero-order valence-electron chi connectivity index (χ0n) is 10.1. The second-order valence-corrected chi connectivity index (χ2v) is 4.01. The Balaban J connectivity index is 3.35. The number of hydrogen-bond acceptors (Lipinski definition) is 1. The number of alkyl halides is 3. The maximum atomic E-state index is 13.7. The van der Waals surface area contributed by atoms with E-state index < -0.39 is 23.7 Å². The van der Waals surface area contributed by atoms with Gasteiger partial charge in [-0.1, -0.05) is 36.8 Å². The van der Waals surface area contributed by atoms with Crippen molar-refractivity contribution in [2.75, 3.05) is 0 Å². The summed E-state index contributed by atoms with van der Waals surface area (Å²) in [5.41, 5.74) is -0.910. The van der Waals surface area contributed by atoms with E-state index in [0.29, 0.717) is 0 Å². The van der Waals surface area contributed by atoms with E-state index in [4.69, 9.17) is 0 Å². The number of allylic oxidation sites excluding steroid dienone is 1. The Morgan fingerprint density at radius 2 is 1.72 bits per heavy atom. The molecule has 100 valence electrons. The van der Waals surface area contributed by atoms with Gasteiger partial charge in [-0.05, 0) is 18.9 Å². The highest BCUT2D eigenvalue weighted by Crippen LogP contribution is 2.38. The fourth-order valence-electron chi connectivity index (χ4n) is 1.50. The molecule has 0 heterocycles. The first-order valence-electron chi connectivity index (χ1n) is 5.49. The molecule has 1 unspecified atom stereocenters. The van der Waals surface area contributed by atoms with Crippen LogP contribution in [0.5, 0.6) is 0 Å². The summed E-state index contributed by atoms with van der Waals surface area (Å²) in [5.74, 6) is -1.53. The molecule has 0 amide bonds. The fraction of sp³-hybridized carbons (Fsp3) is 0.385. The number of aryl methyl sites for hydroxylation is 1. The molecule has 1 nitrogen and oxygen atoms in total. The van der Waals surface area contributed by atoms with Crippen molar-refractivity contribution in [2.45, 2.75) is 32.5 Å². The molecule has 0 aliphatic rings. The molecule has 1 rings (SSSR count). The van der Waals surface area contributed by atoms with E-state index in [9.17, 15) is 22.7 Å². The molecule has 5 heteroatoms. The smallest absolute Gasteiger partial charge is 0.386 e. The Morgan fingerprint density at radius 1 is 1.22 bits per heavy atom. The molecule has 0 fully saturated rings. The minimum Gasteiger partial charge on any atom is -0.386 e. The lowest BCUT2D eigenvalue weighted by Crippen LogP contribution is -2.17. The predicted molar refractivity (Wildman–Crippen MR) is 61.6 cm³/mol. The SMILES string of the molecule is CCC(O)/C(F)=C(/c1ccc(C)cc1)C(F)(F)F. The van der Waals surface area contributed by atoms with Crippen LogP contribution in [0.15, 0.2) is 30.1 Å². The second-order valence-electron chi connectivity index (χ2n) is 4.01. The average molecular weight is 262 g/mol. The lowest BCUT2D eigenvalue weighted by molar-refractivity contribution is -0.0711. The topological polar surface area (TPSA) is 20.2 Å². The van der Waals surface area contributed by atoms with Gasteiger partial charge in [-0.2, -0.15) is 13.2 Å². The van der Waals surface area contributed by atoms with Crippen LogP contribution in [-0.2, 0) is 0 Å². The molecular weight excluding hydrogens is 248 g/mol. The summed E-state index contributed by atoms with van der Waals surface area (Å²) in [4.78, 5) is 0. The molecule has 0 aliphatic heterocycles. The van der Waals surface area contributed by atoms with Gasteiger partial charge in [0, 0.05) is 0 Å². The van der Waals surface area contributed by atoms with Gasteiger partial charge in [-0.25, -0.2) is 4.39 Å². The van der Waals surface area contributed by atoms with Gasteiger partial charge in [0.05, 0.1) is 5.57 Å². The van der Waals surface area contributed by atoms with Crippen molar-refractivity contribution in [1.29, 1.82) is 0 Å². The predicted octanol–water partition coefficient (Wildman–Crippen LogP) is 4.01. The number of benzene rings is 1. The van der Waals surface area contributed by atoms with Crippen LogP contribution in [0.3, 0.4) is 0 Å². The minimum absolute atomic E-state index is 0.114. The quantitative estimate of drug-likeness (QED) is 0.816. The fourth-order valence-corrected chi connectivity index (χ4v) is 1.50. The molecule has 0 aromatic heterocycles. The number of aliphatic hydroxyl groups is 1. The van der Waals surface area contributed by atoms with Crippen LogP contribution in [0.2, 0.25) is 0 Å². The summed E-state index contributed by atoms with van der Waals surface area (Å²) in [6, 6.07) is 5.32. The Hall–Kier alpha value is -1.36. The standard InChI is InChI=1S/C13H14F4O/c1-3-10(18)12(14)11(13(15,16)17)9-6-4-8(2)5-7-9/h4-7,10,18H,3H2,1-2H3/b12-11+. The Kier molecular flexibility index (Phi) is 4.51. The highest BCUT2D eigenvalue weighted by Gasteiger charge is 2.39. The van der Waals surface area contributed by atoms with E-state index in [1.807, 2.05) is 0 Å². The normalized spacial score (nSPS) is 15.3. The molecule has 0 bridgehead atoms. The summed E-state index contributed by atoms with van der Waals surface area (Å²) < 4.78 is 52.2. The zero-order chi connectivity index (χ0) is 13.9. The van der Waals surface area contributed by atoms with Crippen LogP contribution >= 0.6 is 0 Å². The summed E-state index contributed by atoms with van der Waals surface area (Å²) in [7, 11) is 0. The number of aliphatic hydroxyl groups excluding tert-OH is 1. The van der Waals surface area contributed by atoms with Crippen LogP contribution in [-0.4, -0.2) is 17.4 Å². The first kappa shape index (κ1) is 14.7. The minimum atomic E-state index is -4.84. The van der Waals surface area contributed by atoms with Gasteiger partial charge >= 0.3 is 6.18 Å². The van der Waals surface area contributed by atoms with E-state index in [-0.39, 0.29) is 12.0 Å². The van der Waals surface area contributed by atoms with Gasteiger partial charge < -0.3 is 5.11 Å². The van der Waals surface area contributed by atoms with E-state index in [2.05, 4.69) is 0 Å². The summed E-state index contributed by atoms with van der Waals surface area (Å²) in [5, 5.41) is 9.24. The van der Waals surface area contributed by atoms with Crippen LogP contribution in [0.25, 0.3) is 5.57 Å². The number of halogens is 4. The van der Waals surface area contributed by atoms with Crippen LogP contribution in [0, 0.1) is 6.92 Å². The summed E-state index contributed by atoms with van der Waals surface area (Å²) in [6.45, 7) is 3.13. The van der Waals surface area contributed by atoms with Gasteiger partial charge in [0.15, 0.2) is 0 Å². The van der Waals surface area contributed by atoms with Crippen LogP contribution in [0.1, 0.15) is 24.5 Å². The van der Waals surface area contributed by atoms with Crippen molar-refractivity contribution in [1.82, 2.24) is 0 Å². The summed E-state index contributed by atoms with van der Waals surface area (Å²) >= 11 is 0. The maximum Gasteiger partial charge on any atom is 0.419 e. The third-order valence-electron chi connectivity index (χ3n) is 2.54. The lowest BCUT2D eigenvalue weighted by Gasteiger charge is -2.16. The average Bonchev–Trinajstić information content (AvgIpc) is 2.29. The molecular formula is C13H14F4O. The van der Waals surface area contributed by atoms with Gasteiger partial charge in [0.2, 0.25) is 0 Å². The summed E-state index contributed by atoms with van der Waals surface area (Å²) in [6.07, 6.45) is -6.69.